The molecule has 0 aromatic heterocycles. The highest BCUT2D eigenvalue weighted by Crippen LogP contribution is 2.62. The molecular formula is C69H63N. The Morgan fingerprint density at radius 2 is 0.814 bits per heavy atom. The fourth-order valence-corrected chi connectivity index (χ4v) is 12.7. The van der Waals surface area contributed by atoms with Gasteiger partial charge in [-0.15, -0.1) is 0 Å². The lowest BCUT2D eigenvalue weighted by molar-refractivity contribution is 0.586. The summed E-state index contributed by atoms with van der Waals surface area (Å²) in [4.78, 5) is 2.60. The summed E-state index contributed by atoms with van der Waals surface area (Å²) >= 11 is 0. The quantitative estimate of drug-likeness (QED) is 0.161. The van der Waals surface area contributed by atoms with Crippen molar-refractivity contribution in [1.29, 1.82) is 0 Å². The Labute approximate surface area is 416 Å². The van der Waals surface area contributed by atoms with Gasteiger partial charge in [0.2, 0.25) is 0 Å². The van der Waals surface area contributed by atoms with Gasteiger partial charge in [-0.25, -0.2) is 0 Å². The standard InChI is InChI=1S/C69H63N/c1-65(2,3)47-34-38-55-60(40-47)69(45-22-13-11-14-23-45,46-24-15-12-16-25-46)61-41-48(66(4,5)6)42-62(64(55)61)70(50-37-39-53-52-26-17-19-29-56(52)68(9,10)59(53)43-50)49-35-32-44(33-36-49)51-28-21-31-58-63(51)54-27-18-20-30-57(54)67(58,7)8/h11-43H,1-10H3. The smallest absolute Gasteiger partial charge is 0.0714 e. The molecule has 1 nitrogen and oxygen atoms in total. The highest BCUT2D eigenvalue weighted by atomic mass is 15.1. The lowest BCUT2D eigenvalue weighted by atomic mass is 9.66. The van der Waals surface area contributed by atoms with Gasteiger partial charge in [-0.3, -0.25) is 0 Å². The lowest BCUT2D eigenvalue weighted by Crippen LogP contribution is -2.30. The molecule has 0 radical (unpaired) electrons. The van der Waals surface area contributed by atoms with Gasteiger partial charge in [0.1, 0.15) is 0 Å². The molecule has 0 aliphatic heterocycles. The van der Waals surface area contributed by atoms with Crippen LogP contribution < -0.4 is 4.90 Å². The van der Waals surface area contributed by atoms with Crippen molar-refractivity contribution in [3.8, 4) is 44.5 Å². The van der Waals surface area contributed by atoms with E-state index in [9.17, 15) is 0 Å². The van der Waals surface area contributed by atoms with Crippen molar-refractivity contribution in [2.24, 2.45) is 0 Å². The minimum absolute atomic E-state index is 0.0540. The van der Waals surface area contributed by atoms with Crippen molar-refractivity contribution in [2.45, 2.75) is 96.3 Å². The van der Waals surface area contributed by atoms with Crippen LogP contribution in [0.1, 0.15) is 125 Å². The van der Waals surface area contributed by atoms with Crippen LogP contribution in [0.3, 0.4) is 0 Å². The summed E-state index contributed by atoms with van der Waals surface area (Å²) in [5, 5.41) is 0. The summed E-state index contributed by atoms with van der Waals surface area (Å²) in [7, 11) is 0. The van der Waals surface area contributed by atoms with Gasteiger partial charge in [-0.1, -0.05) is 239 Å². The molecule has 0 unspecified atom stereocenters. The molecule has 3 aliphatic rings. The van der Waals surface area contributed by atoms with Crippen molar-refractivity contribution in [3.05, 3.63) is 256 Å². The molecule has 0 heterocycles. The van der Waals surface area contributed by atoms with E-state index in [0.29, 0.717) is 0 Å². The molecule has 0 saturated carbocycles. The monoisotopic (exact) mass is 905 g/mol. The largest absolute Gasteiger partial charge is 0.310 e. The van der Waals surface area contributed by atoms with Crippen LogP contribution in [0.2, 0.25) is 0 Å². The molecule has 0 saturated heterocycles. The Morgan fingerprint density at radius 1 is 0.329 bits per heavy atom. The fraction of sp³-hybridized carbons (Fsp3) is 0.217. The maximum Gasteiger partial charge on any atom is 0.0714 e. The summed E-state index contributed by atoms with van der Waals surface area (Å²) in [6, 6.07) is 76.8. The van der Waals surface area contributed by atoms with Crippen LogP contribution in [0, 0.1) is 0 Å². The highest BCUT2D eigenvalue weighted by molar-refractivity contribution is 5.99. The van der Waals surface area contributed by atoms with Crippen molar-refractivity contribution >= 4 is 17.1 Å². The van der Waals surface area contributed by atoms with Gasteiger partial charge in [-0.05, 0) is 136 Å². The van der Waals surface area contributed by atoms with Gasteiger partial charge in [0, 0.05) is 27.8 Å². The summed E-state index contributed by atoms with van der Waals surface area (Å²) in [6.07, 6.45) is 0. The molecule has 9 aromatic rings. The van der Waals surface area contributed by atoms with Gasteiger partial charge >= 0.3 is 0 Å². The first kappa shape index (κ1) is 44.0. The van der Waals surface area contributed by atoms with Crippen LogP contribution in [0.25, 0.3) is 44.5 Å². The molecule has 9 aromatic carbocycles. The molecule has 70 heavy (non-hydrogen) atoms. The maximum atomic E-state index is 2.60. The minimum Gasteiger partial charge on any atom is -0.310 e. The number of fused-ring (bicyclic) bond motifs is 9. The molecular weight excluding hydrogens is 843 g/mol. The number of hydrogen-bond acceptors (Lipinski definition) is 1. The summed E-state index contributed by atoms with van der Waals surface area (Å²) in [6.45, 7) is 23.7. The van der Waals surface area contributed by atoms with E-state index in [0.717, 1.165) is 11.4 Å². The van der Waals surface area contributed by atoms with E-state index in [2.05, 4.69) is 274 Å². The van der Waals surface area contributed by atoms with E-state index >= 15 is 0 Å². The number of nitrogens with zero attached hydrogens (tertiary/aromatic N) is 1. The fourth-order valence-electron chi connectivity index (χ4n) is 12.7. The first-order valence-electron chi connectivity index (χ1n) is 25.3. The topological polar surface area (TPSA) is 3.24 Å². The van der Waals surface area contributed by atoms with Crippen molar-refractivity contribution < 1.29 is 0 Å². The van der Waals surface area contributed by atoms with Crippen LogP contribution in [-0.2, 0) is 27.1 Å². The lowest BCUT2D eigenvalue weighted by Gasteiger charge is -2.36. The van der Waals surface area contributed by atoms with Crippen LogP contribution in [0.4, 0.5) is 17.1 Å². The second-order valence-electron chi connectivity index (χ2n) is 23.3. The molecule has 0 N–H and O–H groups in total. The SMILES string of the molecule is CC(C)(C)c1ccc2c(c1)C(c1ccccc1)(c1ccccc1)c1cc(C(C)(C)C)cc(N(c3ccc(-c4cccc5c4-c4ccccc4C5(C)C)cc3)c3ccc4c(c3)C(C)(C)c3ccccc3-4)c1-2. The number of rotatable bonds is 6. The number of hydrogen-bond donors (Lipinski definition) is 0. The molecule has 344 valence electrons. The molecule has 0 bridgehead atoms. The zero-order valence-electron chi connectivity index (χ0n) is 42.5. The maximum absolute atomic E-state index is 2.60. The van der Waals surface area contributed by atoms with E-state index in [4.69, 9.17) is 0 Å². The summed E-state index contributed by atoms with van der Waals surface area (Å²) in [5.41, 5.74) is 26.2. The summed E-state index contributed by atoms with van der Waals surface area (Å²) < 4.78 is 0. The van der Waals surface area contributed by atoms with Crippen molar-refractivity contribution in [2.75, 3.05) is 4.90 Å². The molecule has 0 fully saturated rings. The van der Waals surface area contributed by atoms with E-state index in [1.165, 1.54) is 106 Å². The minimum atomic E-state index is -0.584. The highest BCUT2D eigenvalue weighted by Gasteiger charge is 2.49. The molecule has 0 atom stereocenters. The molecule has 12 rings (SSSR count). The van der Waals surface area contributed by atoms with E-state index in [1.54, 1.807) is 0 Å². The zero-order chi connectivity index (χ0) is 48.5. The first-order chi connectivity index (χ1) is 33.5. The number of benzene rings is 9. The van der Waals surface area contributed by atoms with Gasteiger partial charge in [0.15, 0.2) is 0 Å². The Bertz CT molecular complexity index is 3500. The second-order valence-corrected chi connectivity index (χ2v) is 23.3. The van der Waals surface area contributed by atoms with Gasteiger partial charge in [-0.2, -0.15) is 0 Å². The third-order valence-electron chi connectivity index (χ3n) is 16.5. The molecule has 3 aliphatic carbocycles. The van der Waals surface area contributed by atoms with Crippen LogP contribution >= 0.6 is 0 Å². The van der Waals surface area contributed by atoms with E-state index < -0.39 is 5.41 Å². The van der Waals surface area contributed by atoms with Crippen LogP contribution in [0.5, 0.6) is 0 Å². The molecule has 0 amide bonds. The molecule has 1 heteroatoms. The van der Waals surface area contributed by atoms with E-state index in [-0.39, 0.29) is 21.7 Å². The summed E-state index contributed by atoms with van der Waals surface area (Å²) in [5.74, 6) is 0. The Kier molecular flexibility index (Phi) is 9.68. The molecule has 0 spiro atoms. The van der Waals surface area contributed by atoms with Gasteiger partial charge < -0.3 is 4.90 Å². The zero-order valence-corrected chi connectivity index (χ0v) is 42.5. The predicted molar refractivity (Wildman–Crippen MR) is 296 cm³/mol. The van der Waals surface area contributed by atoms with Crippen molar-refractivity contribution in [3.63, 3.8) is 0 Å². The van der Waals surface area contributed by atoms with Crippen LogP contribution in [0.15, 0.2) is 200 Å². The van der Waals surface area contributed by atoms with Crippen LogP contribution in [-0.4, -0.2) is 0 Å². The predicted octanol–water partition coefficient (Wildman–Crippen LogP) is 18.4. The third kappa shape index (κ3) is 6.36. The number of anilines is 3. The van der Waals surface area contributed by atoms with Gasteiger partial charge in [0.25, 0.3) is 0 Å². The second kappa shape index (κ2) is 15.4. The normalized spacial score (nSPS) is 15.3. The average molecular weight is 906 g/mol. The third-order valence-corrected chi connectivity index (χ3v) is 16.5. The van der Waals surface area contributed by atoms with Gasteiger partial charge in [0.05, 0.1) is 11.1 Å². The Morgan fingerprint density at radius 3 is 1.46 bits per heavy atom. The Hall–Kier alpha value is -7.22. The van der Waals surface area contributed by atoms with E-state index in [1.807, 2.05) is 0 Å². The average Bonchev–Trinajstić information content (AvgIpc) is 3.89. The first-order valence-corrected chi connectivity index (χ1v) is 25.3. The Balaban J connectivity index is 1.16. The van der Waals surface area contributed by atoms with Crippen molar-refractivity contribution in [1.82, 2.24) is 0 Å².